The van der Waals surface area contributed by atoms with Gasteiger partial charge in [0.25, 0.3) is 17.8 Å². The van der Waals surface area contributed by atoms with Gasteiger partial charge in [-0.2, -0.15) is 0 Å². The molecule has 1 fully saturated rings. The van der Waals surface area contributed by atoms with Gasteiger partial charge in [-0.1, -0.05) is 0 Å². The number of nitrogens with one attached hydrogen (secondary N) is 1. The van der Waals surface area contributed by atoms with Gasteiger partial charge in [0, 0.05) is 27.2 Å². The van der Waals surface area contributed by atoms with Crippen molar-refractivity contribution in [3.8, 4) is 0 Å². The molecule has 3 rings (SSSR count). The lowest BCUT2D eigenvalue weighted by Gasteiger charge is -2.29. The largest absolute Gasteiger partial charge is 0.373 e. The number of amides is 3. The number of likely N-dealkylation sites (N-methyl/N-ethyl adjacent to an activating group) is 3. The van der Waals surface area contributed by atoms with E-state index in [0.29, 0.717) is 11.6 Å². The van der Waals surface area contributed by atoms with Crippen molar-refractivity contribution in [1.29, 1.82) is 0 Å². The highest BCUT2D eigenvalue weighted by Gasteiger charge is 2.52. The first-order valence-electron chi connectivity index (χ1n) is 7.14. The van der Waals surface area contributed by atoms with Crippen LogP contribution in [0, 0.1) is 0 Å². The topological polar surface area (TPSA) is 80.4 Å². The summed E-state index contributed by atoms with van der Waals surface area (Å²) in [7, 11) is 4.97. The second-order valence-electron chi connectivity index (χ2n) is 5.40. The third-order valence-corrected chi connectivity index (χ3v) is 4.99. The molecule has 126 valence electrons. The number of thioether (sulfide) groups is 1. The van der Waals surface area contributed by atoms with Crippen LogP contribution in [-0.4, -0.2) is 89.2 Å². The Bertz CT molecular complexity index is 632. The van der Waals surface area contributed by atoms with E-state index < -0.39 is 6.04 Å². The fourth-order valence-electron chi connectivity index (χ4n) is 2.60. The quantitative estimate of drug-likeness (QED) is 0.694. The van der Waals surface area contributed by atoms with E-state index in [-0.39, 0.29) is 24.3 Å². The second kappa shape index (κ2) is 6.88. The number of rotatable bonds is 2. The van der Waals surface area contributed by atoms with Gasteiger partial charge < -0.3 is 5.32 Å². The number of halogens is 1. The molecule has 8 nitrogen and oxygen atoms in total. The molecule has 0 saturated carbocycles. The van der Waals surface area contributed by atoms with Gasteiger partial charge in [-0.15, -0.1) is 12.4 Å². The summed E-state index contributed by atoms with van der Waals surface area (Å²) in [5.74, 6) is 1.90. The van der Waals surface area contributed by atoms with Crippen LogP contribution in [0.3, 0.4) is 0 Å². The first kappa shape index (κ1) is 17.7. The molecule has 0 spiro atoms. The van der Waals surface area contributed by atoms with Gasteiger partial charge in [0.2, 0.25) is 0 Å². The number of carbonyl (C=O) groups excluding carboxylic acids is 2. The van der Waals surface area contributed by atoms with Crippen LogP contribution in [0.5, 0.6) is 0 Å². The maximum Gasteiger partial charge on any atom is 0.358 e. The lowest BCUT2D eigenvalue weighted by atomic mass is 10.2. The Morgan fingerprint density at radius 1 is 1.35 bits per heavy atom. The summed E-state index contributed by atoms with van der Waals surface area (Å²) in [5.41, 5.74) is 0. The van der Waals surface area contributed by atoms with Crippen LogP contribution in [0.4, 0.5) is 4.79 Å². The molecule has 1 atom stereocenters. The number of imide groups is 1. The average molecular weight is 360 g/mol. The summed E-state index contributed by atoms with van der Waals surface area (Å²) in [6.45, 7) is 1.80. The van der Waals surface area contributed by atoms with Crippen LogP contribution >= 0.6 is 24.2 Å². The van der Waals surface area contributed by atoms with Crippen molar-refractivity contribution in [1.82, 2.24) is 15.1 Å². The number of urea groups is 1. The zero-order chi connectivity index (χ0) is 15.9. The van der Waals surface area contributed by atoms with Crippen molar-refractivity contribution in [3.63, 3.8) is 0 Å². The summed E-state index contributed by atoms with van der Waals surface area (Å²) >= 11 is 1.52. The molecule has 1 unspecified atom stereocenters. The van der Waals surface area contributed by atoms with Gasteiger partial charge in [0.1, 0.15) is 5.84 Å². The molecule has 3 aliphatic heterocycles. The van der Waals surface area contributed by atoms with Gasteiger partial charge in [-0.05, 0) is 23.2 Å². The Morgan fingerprint density at radius 3 is 2.74 bits per heavy atom. The average Bonchev–Trinajstić information content (AvgIpc) is 2.87. The van der Waals surface area contributed by atoms with E-state index in [1.165, 1.54) is 23.7 Å². The Kier molecular flexibility index (Phi) is 5.30. The van der Waals surface area contributed by atoms with E-state index in [1.54, 1.807) is 7.05 Å². The monoisotopic (exact) mass is 359 g/mol. The Morgan fingerprint density at radius 2 is 2.09 bits per heavy atom. The van der Waals surface area contributed by atoms with Crippen LogP contribution in [0.25, 0.3) is 0 Å². The van der Waals surface area contributed by atoms with Crippen molar-refractivity contribution >= 4 is 52.9 Å². The third kappa shape index (κ3) is 3.07. The number of hydrogen-bond donors (Lipinski definition) is 1. The predicted molar refractivity (Wildman–Crippen MR) is 93.0 cm³/mol. The molecule has 0 aromatic heterocycles. The summed E-state index contributed by atoms with van der Waals surface area (Å²) in [5, 5.41) is 4.00. The molecular formula is C13H20ClN6O2S+. The van der Waals surface area contributed by atoms with Crippen molar-refractivity contribution in [3.05, 3.63) is 0 Å². The molecule has 0 aliphatic carbocycles. The van der Waals surface area contributed by atoms with E-state index in [1.807, 2.05) is 11.6 Å². The first-order chi connectivity index (χ1) is 10.5. The molecule has 23 heavy (non-hydrogen) atoms. The fourth-order valence-corrected chi connectivity index (χ4v) is 3.53. The van der Waals surface area contributed by atoms with Crippen molar-refractivity contribution in [2.24, 2.45) is 9.98 Å². The minimum atomic E-state index is -0.517. The molecule has 1 saturated heterocycles. The first-order valence-corrected chi connectivity index (χ1v) is 8.13. The number of fused-ring (bicyclic) bond motifs is 1. The molecule has 0 bridgehead atoms. The van der Waals surface area contributed by atoms with Crippen LogP contribution in [-0.2, 0) is 4.79 Å². The predicted octanol–water partition coefficient (Wildman–Crippen LogP) is -0.164. The lowest BCUT2D eigenvalue weighted by Crippen LogP contribution is -2.61. The standard InChI is InChI=1S/C13H19N6O2S.ClH/c1-17-9-10(18(2)13(21)19(3)11(9)20)16-12(17)22-7-8-14-5-4-6-15-8;/h9H,4-7H2,1-3H3,(H,14,15);1H/q+1;. The van der Waals surface area contributed by atoms with E-state index in [2.05, 4.69) is 15.3 Å². The number of amidine groups is 3. The maximum absolute atomic E-state index is 12.3. The van der Waals surface area contributed by atoms with E-state index in [4.69, 9.17) is 0 Å². The minimum absolute atomic E-state index is 0. The summed E-state index contributed by atoms with van der Waals surface area (Å²) < 4.78 is 1.82. The highest BCUT2D eigenvalue weighted by molar-refractivity contribution is 8.14. The SMILES string of the molecule is CN1C(=O)C2C(=NC(SCC3=NCCCN3)=[N+]2C)N(C)C1=O.Cl. The Balaban J connectivity index is 0.00000192. The van der Waals surface area contributed by atoms with Gasteiger partial charge in [0.05, 0.1) is 12.8 Å². The third-order valence-electron chi connectivity index (χ3n) is 3.93. The number of aliphatic imine (C=N–C) groups is 2. The highest BCUT2D eigenvalue weighted by Crippen LogP contribution is 2.21. The summed E-state index contributed by atoms with van der Waals surface area (Å²) in [6.07, 6.45) is 1.06. The van der Waals surface area contributed by atoms with Crippen LogP contribution in [0.15, 0.2) is 9.98 Å². The van der Waals surface area contributed by atoms with E-state index >= 15 is 0 Å². The smallest absolute Gasteiger partial charge is 0.358 e. The molecule has 3 aliphatic rings. The van der Waals surface area contributed by atoms with Crippen LogP contribution < -0.4 is 5.32 Å². The summed E-state index contributed by atoms with van der Waals surface area (Å²) in [4.78, 5) is 35.8. The fraction of sp³-hybridized carbons (Fsp3) is 0.615. The number of hydrogen-bond acceptors (Lipinski definition) is 6. The second-order valence-corrected chi connectivity index (χ2v) is 6.34. The van der Waals surface area contributed by atoms with E-state index in [9.17, 15) is 9.59 Å². The van der Waals surface area contributed by atoms with Gasteiger partial charge in [-0.3, -0.25) is 19.6 Å². The zero-order valence-electron chi connectivity index (χ0n) is 13.3. The number of nitrogens with zero attached hydrogens (tertiary/aromatic N) is 5. The molecule has 3 heterocycles. The Labute approximate surface area is 145 Å². The molecular weight excluding hydrogens is 340 g/mol. The normalized spacial score (nSPS) is 24.0. The van der Waals surface area contributed by atoms with Crippen LogP contribution in [0.2, 0.25) is 0 Å². The number of carbonyl (C=O) groups is 2. The summed E-state index contributed by atoms with van der Waals surface area (Å²) in [6, 6.07) is -0.866. The van der Waals surface area contributed by atoms with Crippen LogP contribution in [0.1, 0.15) is 6.42 Å². The van der Waals surface area contributed by atoms with Crippen molar-refractivity contribution in [2.75, 3.05) is 40.0 Å². The van der Waals surface area contributed by atoms with Crippen molar-refractivity contribution in [2.45, 2.75) is 12.5 Å². The molecule has 1 N–H and O–H groups in total. The lowest BCUT2D eigenvalue weighted by molar-refractivity contribution is -0.502. The highest BCUT2D eigenvalue weighted by atomic mass is 35.5. The molecule has 0 aromatic rings. The van der Waals surface area contributed by atoms with Gasteiger partial charge >= 0.3 is 11.2 Å². The maximum atomic E-state index is 12.3. The minimum Gasteiger partial charge on any atom is -0.373 e. The van der Waals surface area contributed by atoms with Crippen molar-refractivity contribution < 1.29 is 14.2 Å². The van der Waals surface area contributed by atoms with E-state index in [0.717, 1.165) is 35.4 Å². The van der Waals surface area contributed by atoms with Gasteiger partial charge in [0.15, 0.2) is 0 Å². The zero-order valence-corrected chi connectivity index (χ0v) is 14.9. The van der Waals surface area contributed by atoms with Gasteiger partial charge in [-0.25, -0.2) is 9.37 Å². The molecule has 0 aromatic carbocycles. The molecule has 0 radical (unpaired) electrons. The molecule has 3 amide bonds. The Hall–Kier alpha value is -1.61. The molecule has 10 heteroatoms.